The van der Waals surface area contributed by atoms with Crippen molar-refractivity contribution < 1.29 is 23.9 Å². The average Bonchev–Trinajstić information content (AvgIpc) is 3.04. The number of carbonyl (C=O) groups excluding carboxylic acids is 4. The predicted molar refractivity (Wildman–Crippen MR) is 112 cm³/mol. The van der Waals surface area contributed by atoms with Crippen LogP contribution in [0.4, 0.5) is 0 Å². The molecule has 0 aromatic heterocycles. The van der Waals surface area contributed by atoms with Crippen LogP contribution in [-0.2, 0) is 4.79 Å². The van der Waals surface area contributed by atoms with E-state index in [0.717, 1.165) is 4.90 Å². The van der Waals surface area contributed by atoms with E-state index in [1.54, 1.807) is 60.5 Å². The molecule has 0 saturated carbocycles. The Morgan fingerprint density at radius 2 is 1.55 bits per heavy atom. The number of methoxy groups -OCH3 is 1. The first-order valence-electron chi connectivity index (χ1n) is 10.2. The summed E-state index contributed by atoms with van der Waals surface area (Å²) >= 11 is 0. The van der Waals surface area contributed by atoms with Gasteiger partial charge in [-0.05, 0) is 49.2 Å². The second kappa shape index (κ2) is 8.59. The van der Waals surface area contributed by atoms with E-state index in [-0.39, 0.29) is 24.4 Å². The molecule has 2 heterocycles. The summed E-state index contributed by atoms with van der Waals surface area (Å²) in [7, 11) is 1.57. The zero-order chi connectivity index (χ0) is 22.0. The molecule has 4 amide bonds. The molecule has 8 heteroatoms. The molecule has 31 heavy (non-hydrogen) atoms. The fraction of sp³-hybridized carbons (Fsp3) is 0.304. The smallest absolute Gasteiger partial charge is 0.262 e. The topological polar surface area (TPSA) is 96.0 Å². The van der Waals surface area contributed by atoms with Crippen molar-refractivity contribution >= 4 is 23.6 Å². The third-order valence-electron chi connectivity index (χ3n) is 5.66. The van der Waals surface area contributed by atoms with Crippen LogP contribution < -0.4 is 10.1 Å². The third kappa shape index (κ3) is 4.14. The Labute approximate surface area is 179 Å². The lowest BCUT2D eigenvalue weighted by Crippen LogP contribution is -2.49. The molecular formula is C23H23N3O5. The number of nitrogens with one attached hydrogen (secondary N) is 1. The van der Waals surface area contributed by atoms with E-state index < -0.39 is 11.8 Å². The lowest BCUT2D eigenvalue weighted by molar-refractivity contribution is -0.122. The molecule has 0 spiro atoms. The van der Waals surface area contributed by atoms with Crippen LogP contribution in [0, 0.1) is 0 Å². The second-order valence-corrected chi connectivity index (χ2v) is 7.60. The summed E-state index contributed by atoms with van der Waals surface area (Å²) in [6, 6.07) is 13.4. The summed E-state index contributed by atoms with van der Waals surface area (Å²) in [6.07, 6.45) is 1.21. The maximum Gasteiger partial charge on any atom is 0.262 e. The highest BCUT2D eigenvalue weighted by molar-refractivity contribution is 6.22. The predicted octanol–water partition coefficient (Wildman–Crippen LogP) is 1.71. The summed E-state index contributed by atoms with van der Waals surface area (Å²) in [5, 5.41) is 2.89. The number of benzene rings is 2. The maximum absolute atomic E-state index is 12.7. The summed E-state index contributed by atoms with van der Waals surface area (Å²) in [5.41, 5.74) is 1.24. The number of piperidine rings is 1. The van der Waals surface area contributed by atoms with Gasteiger partial charge in [0.1, 0.15) is 12.3 Å². The molecule has 0 unspecified atom stereocenters. The van der Waals surface area contributed by atoms with E-state index in [9.17, 15) is 19.2 Å². The van der Waals surface area contributed by atoms with Crippen molar-refractivity contribution in [2.45, 2.75) is 18.9 Å². The van der Waals surface area contributed by atoms with Crippen LogP contribution >= 0.6 is 0 Å². The van der Waals surface area contributed by atoms with Gasteiger partial charge in [0, 0.05) is 24.7 Å². The van der Waals surface area contributed by atoms with Gasteiger partial charge in [-0.2, -0.15) is 0 Å². The van der Waals surface area contributed by atoms with Crippen molar-refractivity contribution in [3.05, 3.63) is 65.2 Å². The number of imide groups is 1. The number of amides is 4. The van der Waals surface area contributed by atoms with E-state index in [4.69, 9.17) is 4.74 Å². The van der Waals surface area contributed by atoms with Gasteiger partial charge in [0.25, 0.3) is 17.7 Å². The fourth-order valence-corrected chi connectivity index (χ4v) is 3.94. The van der Waals surface area contributed by atoms with Crippen LogP contribution in [0.2, 0.25) is 0 Å². The fourth-order valence-electron chi connectivity index (χ4n) is 3.94. The van der Waals surface area contributed by atoms with Crippen LogP contribution in [-0.4, -0.2) is 66.2 Å². The van der Waals surface area contributed by atoms with Gasteiger partial charge in [-0.1, -0.05) is 12.1 Å². The minimum absolute atomic E-state index is 0.0570. The van der Waals surface area contributed by atoms with E-state index in [1.165, 1.54) is 0 Å². The van der Waals surface area contributed by atoms with E-state index in [2.05, 4.69) is 5.32 Å². The van der Waals surface area contributed by atoms with Crippen molar-refractivity contribution in [3.8, 4) is 5.75 Å². The van der Waals surface area contributed by atoms with Gasteiger partial charge in [-0.25, -0.2) is 0 Å². The van der Waals surface area contributed by atoms with Crippen molar-refractivity contribution in [1.29, 1.82) is 0 Å². The first-order chi connectivity index (χ1) is 15.0. The first-order valence-corrected chi connectivity index (χ1v) is 10.2. The molecule has 1 N–H and O–H groups in total. The van der Waals surface area contributed by atoms with Gasteiger partial charge in [0.2, 0.25) is 5.91 Å². The Balaban J connectivity index is 1.28. The lowest BCUT2D eigenvalue weighted by Gasteiger charge is -2.32. The molecule has 0 bridgehead atoms. The molecule has 1 saturated heterocycles. The van der Waals surface area contributed by atoms with E-state index in [0.29, 0.717) is 48.4 Å². The molecule has 0 aliphatic carbocycles. The number of ether oxygens (including phenoxy) is 1. The third-order valence-corrected chi connectivity index (χ3v) is 5.66. The number of hydrogen-bond acceptors (Lipinski definition) is 5. The molecule has 2 aliphatic rings. The zero-order valence-electron chi connectivity index (χ0n) is 17.2. The highest BCUT2D eigenvalue weighted by Crippen LogP contribution is 2.22. The normalized spacial score (nSPS) is 16.3. The number of rotatable bonds is 5. The van der Waals surface area contributed by atoms with Crippen molar-refractivity contribution in [2.75, 3.05) is 26.7 Å². The lowest BCUT2D eigenvalue weighted by atomic mass is 10.0. The van der Waals surface area contributed by atoms with Gasteiger partial charge in [0.15, 0.2) is 0 Å². The molecule has 2 aromatic carbocycles. The van der Waals surface area contributed by atoms with Gasteiger partial charge >= 0.3 is 0 Å². The molecule has 8 nitrogen and oxygen atoms in total. The monoisotopic (exact) mass is 421 g/mol. The number of carbonyl (C=O) groups is 4. The van der Waals surface area contributed by atoms with Crippen LogP contribution in [0.1, 0.15) is 43.9 Å². The van der Waals surface area contributed by atoms with Crippen LogP contribution in [0.3, 0.4) is 0 Å². The quantitative estimate of drug-likeness (QED) is 0.742. The van der Waals surface area contributed by atoms with E-state index in [1.807, 2.05) is 0 Å². The summed E-state index contributed by atoms with van der Waals surface area (Å²) < 4.78 is 5.11. The second-order valence-electron chi connectivity index (χ2n) is 7.60. The number of hydrogen-bond donors (Lipinski definition) is 1. The Morgan fingerprint density at radius 3 is 2.10 bits per heavy atom. The van der Waals surface area contributed by atoms with Crippen molar-refractivity contribution in [1.82, 2.24) is 15.1 Å². The molecule has 4 rings (SSSR count). The molecule has 0 atom stereocenters. The van der Waals surface area contributed by atoms with Gasteiger partial charge in [0.05, 0.1) is 18.2 Å². The summed E-state index contributed by atoms with van der Waals surface area (Å²) in [6.45, 7) is 0.725. The number of nitrogens with zero attached hydrogens (tertiary/aromatic N) is 2. The van der Waals surface area contributed by atoms with Gasteiger partial charge in [-0.15, -0.1) is 0 Å². The largest absolute Gasteiger partial charge is 0.497 e. The maximum atomic E-state index is 12.7. The summed E-state index contributed by atoms with van der Waals surface area (Å²) in [5.74, 6) is -0.643. The average molecular weight is 421 g/mol. The zero-order valence-corrected chi connectivity index (χ0v) is 17.2. The minimum Gasteiger partial charge on any atom is -0.497 e. The molecule has 160 valence electrons. The Morgan fingerprint density at radius 1 is 0.968 bits per heavy atom. The molecule has 1 fully saturated rings. The number of fused-ring (bicyclic) bond motifs is 1. The van der Waals surface area contributed by atoms with E-state index >= 15 is 0 Å². The molecule has 2 aliphatic heterocycles. The number of likely N-dealkylation sites (tertiary alicyclic amines) is 1. The highest BCUT2D eigenvalue weighted by atomic mass is 16.5. The van der Waals surface area contributed by atoms with Crippen LogP contribution in [0.5, 0.6) is 5.75 Å². The van der Waals surface area contributed by atoms with Crippen molar-refractivity contribution in [3.63, 3.8) is 0 Å². The minimum atomic E-state index is -0.448. The molecular weight excluding hydrogens is 398 g/mol. The summed E-state index contributed by atoms with van der Waals surface area (Å²) in [4.78, 5) is 52.6. The SMILES string of the molecule is COc1ccc(C(=O)N2CCC(NC(=O)CN3C(=O)c4ccccc4C3=O)CC2)cc1. The standard InChI is InChI=1S/C23H23N3O5/c1-31-17-8-6-15(7-9-17)21(28)25-12-10-16(11-13-25)24-20(27)14-26-22(29)18-4-2-3-5-19(18)23(26)30/h2-9,16H,10-14H2,1H3,(H,24,27). The van der Waals surface area contributed by atoms with Crippen LogP contribution in [0.25, 0.3) is 0 Å². The Bertz CT molecular complexity index is 991. The Kier molecular flexibility index (Phi) is 5.70. The highest BCUT2D eigenvalue weighted by Gasteiger charge is 2.36. The van der Waals surface area contributed by atoms with Gasteiger partial charge in [-0.3, -0.25) is 24.1 Å². The first kappa shape index (κ1) is 20.6. The molecule has 0 radical (unpaired) electrons. The van der Waals surface area contributed by atoms with Crippen molar-refractivity contribution in [2.24, 2.45) is 0 Å². The molecule has 2 aromatic rings. The van der Waals surface area contributed by atoms with Crippen LogP contribution in [0.15, 0.2) is 48.5 Å². The van der Waals surface area contributed by atoms with Gasteiger partial charge < -0.3 is 15.0 Å². The Hall–Kier alpha value is -3.68.